The Hall–Kier alpha value is -0.530. The maximum atomic E-state index is 10.8. The summed E-state index contributed by atoms with van der Waals surface area (Å²) in [7, 11) is 0. The molecule has 0 amide bonds. The smallest absolute Gasteiger partial charge is 0.302 e. The van der Waals surface area contributed by atoms with Crippen LogP contribution < -0.4 is 0 Å². The molecule has 2 bridgehead atoms. The molecule has 2 aliphatic carbocycles. The highest BCUT2D eigenvalue weighted by Gasteiger charge is 2.60. The Morgan fingerprint density at radius 3 is 2.47 bits per heavy atom. The number of fused-ring (bicyclic) bond motifs is 2. The van der Waals surface area contributed by atoms with Crippen molar-refractivity contribution in [3.63, 3.8) is 0 Å². The van der Waals surface area contributed by atoms with E-state index in [1.807, 2.05) is 0 Å². The SMILES string of the molecule is CC(=O)OC[C@H]1C[C@]2(C)CC[C@@H]1C2(C)C. The molecule has 0 radical (unpaired) electrons. The van der Waals surface area contributed by atoms with Gasteiger partial charge in [-0.3, -0.25) is 4.79 Å². The van der Waals surface area contributed by atoms with Gasteiger partial charge in [0, 0.05) is 6.92 Å². The van der Waals surface area contributed by atoms with E-state index in [1.165, 1.54) is 26.2 Å². The van der Waals surface area contributed by atoms with Gasteiger partial charge in [-0.2, -0.15) is 0 Å². The molecule has 15 heavy (non-hydrogen) atoms. The summed E-state index contributed by atoms with van der Waals surface area (Å²) in [5.74, 6) is 1.21. The van der Waals surface area contributed by atoms with E-state index in [-0.39, 0.29) is 5.97 Å². The maximum absolute atomic E-state index is 10.8. The van der Waals surface area contributed by atoms with Crippen molar-refractivity contribution in [2.45, 2.75) is 47.0 Å². The van der Waals surface area contributed by atoms with Crippen molar-refractivity contribution < 1.29 is 9.53 Å². The second-order valence-corrected chi connectivity index (χ2v) is 6.19. The average molecular weight is 210 g/mol. The first-order valence-electron chi connectivity index (χ1n) is 6.00. The third-order valence-electron chi connectivity index (χ3n) is 5.27. The van der Waals surface area contributed by atoms with Crippen LogP contribution in [0.25, 0.3) is 0 Å². The highest BCUT2D eigenvalue weighted by Crippen LogP contribution is 2.67. The van der Waals surface area contributed by atoms with Crippen LogP contribution in [0.15, 0.2) is 0 Å². The van der Waals surface area contributed by atoms with E-state index >= 15 is 0 Å². The molecule has 0 aromatic rings. The van der Waals surface area contributed by atoms with Gasteiger partial charge < -0.3 is 4.74 Å². The van der Waals surface area contributed by atoms with Gasteiger partial charge in [0.1, 0.15) is 0 Å². The third kappa shape index (κ3) is 1.49. The second-order valence-electron chi connectivity index (χ2n) is 6.19. The molecule has 0 aromatic heterocycles. The summed E-state index contributed by atoms with van der Waals surface area (Å²) in [6.45, 7) is 9.32. The van der Waals surface area contributed by atoms with E-state index in [9.17, 15) is 4.79 Å². The predicted octanol–water partition coefficient (Wildman–Crippen LogP) is 3.01. The van der Waals surface area contributed by atoms with Crippen LogP contribution in [-0.2, 0) is 9.53 Å². The van der Waals surface area contributed by atoms with Crippen LogP contribution in [-0.4, -0.2) is 12.6 Å². The molecule has 0 aliphatic heterocycles. The molecule has 3 atom stereocenters. The minimum Gasteiger partial charge on any atom is -0.466 e. The summed E-state index contributed by atoms with van der Waals surface area (Å²) < 4.78 is 5.18. The number of ether oxygens (including phenoxy) is 1. The van der Waals surface area contributed by atoms with Crippen molar-refractivity contribution in [1.29, 1.82) is 0 Å². The first-order valence-corrected chi connectivity index (χ1v) is 6.00. The van der Waals surface area contributed by atoms with Crippen LogP contribution in [0.2, 0.25) is 0 Å². The van der Waals surface area contributed by atoms with Crippen molar-refractivity contribution >= 4 is 5.97 Å². The van der Waals surface area contributed by atoms with Crippen LogP contribution in [0, 0.1) is 22.7 Å². The molecule has 0 unspecified atom stereocenters. The molecule has 0 heterocycles. The van der Waals surface area contributed by atoms with Gasteiger partial charge in [-0.1, -0.05) is 20.8 Å². The molecule has 2 aliphatic rings. The molecule has 0 aromatic carbocycles. The Balaban J connectivity index is 2.05. The van der Waals surface area contributed by atoms with Crippen LogP contribution in [0.4, 0.5) is 0 Å². The van der Waals surface area contributed by atoms with Crippen LogP contribution in [0.1, 0.15) is 47.0 Å². The van der Waals surface area contributed by atoms with E-state index in [2.05, 4.69) is 20.8 Å². The number of esters is 1. The fourth-order valence-electron chi connectivity index (χ4n) is 3.92. The second kappa shape index (κ2) is 3.23. The first-order chi connectivity index (χ1) is 6.87. The maximum Gasteiger partial charge on any atom is 0.302 e. The molecule has 86 valence electrons. The van der Waals surface area contributed by atoms with Gasteiger partial charge >= 0.3 is 5.97 Å². The number of carbonyl (C=O) groups is 1. The largest absolute Gasteiger partial charge is 0.466 e. The van der Waals surface area contributed by atoms with Crippen molar-refractivity contribution in [2.75, 3.05) is 6.61 Å². The molecule has 2 saturated carbocycles. The van der Waals surface area contributed by atoms with Gasteiger partial charge in [0.2, 0.25) is 0 Å². The van der Waals surface area contributed by atoms with Gasteiger partial charge in [0.15, 0.2) is 0 Å². The molecule has 2 nitrogen and oxygen atoms in total. The Labute approximate surface area is 92.4 Å². The zero-order valence-corrected chi connectivity index (χ0v) is 10.3. The summed E-state index contributed by atoms with van der Waals surface area (Å²) in [6.07, 6.45) is 3.90. The van der Waals surface area contributed by atoms with Crippen molar-refractivity contribution in [2.24, 2.45) is 22.7 Å². The summed E-state index contributed by atoms with van der Waals surface area (Å²) in [4.78, 5) is 10.8. The number of hydrogen-bond acceptors (Lipinski definition) is 2. The minimum atomic E-state index is -0.138. The third-order valence-corrected chi connectivity index (χ3v) is 5.27. The average Bonchev–Trinajstić information content (AvgIpc) is 2.45. The number of carbonyl (C=O) groups excluding carboxylic acids is 1. The zero-order valence-electron chi connectivity index (χ0n) is 10.3. The standard InChI is InChI=1S/C13H22O2/c1-9(14)15-8-10-7-13(4)6-5-11(10)12(13,2)3/h10-11H,5-8H2,1-4H3/t10-,11+,13+/m1/s1. The normalized spacial score (nSPS) is 41.9. The lowest BCUT2D eigenvalue weighted by molar-refractivity contribution is -0.143. The topological polar surface area (TPSA) is 26.3 Å². The van der Waals surface area contributed by atoms with E-state index in [1.54, 1.807) is 0 Å². The van der Waals surface area contributed by atoms with Gasteiger partial charge in [-0.25, -0.2) is 0 Å². The van der Waals surface area contributed by atoms with E-state index < -0.39 is 0 Å². The highest BCUT2D eigenvalue weighted by atomic mass is 16.5. The molecule has 2 fully saturated rings. The minimum absolute atomic E-state index is 0.138. The molecular weight excluding hydrogens is 188 g/mol. The van der Waals surface area contributed by atoms with Crippen molar-refractivity contribution in [3.8, 4) is 0 Å². The number of hydrogen-bond donors (Lipinski definition) is 0. The van der Waals surface area contributed by atoms with Crippen molar-refractivity contribution in [3.05, 3.63) is 0 Å². The monoisotopic (exact) mass is 210 g/mol. The molecule has 0 spiro atoms. The molecular formula is C13H22O2. The summed E-state index contributed by atoms with van der Waals surface area (Å²) in [5, 5.41) is 0. The lowest BCUT2D eigenvalue weighted by atomic mass is 9.71. The summed E-state index contributed by atoms with van der Waals surface area (Å²) in [6, 6.07) is 0. The molecule has 2 rings (SSSR count). The zero-order chi connectivity index (χ0) is 11.3. The molecule has 0 saturated heterocycles. The lowest BCUT2D eigenvalue weighted by Crippen LogP contribution is -2.26. The van der Waals surface area contributed by atoms with E-state index in [0.29, 0.717) is 23.4 Å². The van der Waals surface area contributed by atoms with Crippen LogP contribution >= 0.6 is 0 Å². The fourth-order valence-corrected chi connectivity index (χ4v) is 3.92. The molecule has 0 N–H and O–H groups in total. The quantitative estimate of drug-likeness (QED) is 0.655. The van der Waals surface area contributed by atoms with Gasteiger partial charge in [0.25, 0.3) is 0 Å². The first kappa shape index (κ1) is 11.0. The van der Waals surface area contributed by atoms with E-state index in [0.717, 1.165) is 5.92 Å². The number of rotatable bonds is 2. The Bertz CT molecular complexity index is 280. The Morgan fingerprint density at radius 2 is 2.07 bits per heavy atom. The van der Waals surface area contributed by atoms with E-state index in [4.69, 9.17) is 4.74 Å². The molecule has 2 heteroatoms. The van der Waals surface area contributed by atoms with Crippen molar-refractivity contribution in [1.82, 2.24) is 0 Å². The summed E-state index contributed by atoms with van der Waals surface area (Å²) in [5.41, 5.74) is 0.903. The highest BCUT2D eigenvalue weighted by molar-refractivity contribution is 5.65. The summed E-state index contributed by atoms with van der Waals surface area (Å²) >= 11 is 0. The Kier molecular flexibility index (Phi) is 2.36. The predicted molar refractivity (Wildman–Crippen MR) is 59.4 cm³/mol. The van der Waals surface area contributed by atoms with Crippen LogP contribution in [0.5, 0.6) is 0 Å². The Morgan fingerprint density at radius 1 is 1.40 bits per heavy atom. The van der Waals surface area contributed by atoms with Gasteiger partial charge in [-0.15, -0.1) is 0 Å². The van der Waals surface area contributed by atoms with Crippen LogP contribution in [0.3, 0.4) is 0 Å². The lowest BCUT2D eigenvalue weighted by Gasteiger charge is -2.34. The fraction of sp³-hybridized carbons (Fsp3) is 0.923. The van der Waals surface area contributed by atoms with Gasteiger partial charge in [0.05, 0.1) is 6.61 Å². The van der Waals surface area contributed by atoms with Gasteiger partial charge in [-0.05, 0) is 41.9 Å².